The second-order valence-corrected chi connectivity index (χ2v) is 6.41. The Hall–Kier alpha value is -0.640. The molecule has 0 amide bonds. The zero-order chi connectivity index (χ0) is 15.1. The van der Waals surface area contributed by atoms with E-state index in [-0.39, 0.29) is 5.82 Å². The highest BCUT2D eigenvalue weighted by Crippen LogP contribution is 2.21. The Balaban J connectivity index is 1.63. The molecule has 1 saturated carbocycles. The molecule has 0 unspecified atom stereocenters. The van der Waals surface area contributed by atoms with E-state index >= 15 is 0 Å². The maximum Gasteiger partial charge on any atom is 0.129 e. The van der Waals surface area contributed by atoms with Crippen molar-refractivity contribution in [2.24, 2.45) is 0 Å². The molecule has 118 valence electrons. The zero-order valence-corrected chi connectivity index (χ0v) is 13.6. The van der Waals surface area contributed by atoms with Crippen molar-refractivity contribution in [3.63, 3.8) is 0 Å². The van der Waals surface area contributed by atoms with Gasteiger partial charge in [0, 0.05) is 23.2 Å². The summed E-state index contributed by atoms with van der Waals surface area (Å²) in [5.74, 6) is -0.227. The van der Waals surface area contributed by atoms with Gasteiger partial charge in [0.05, 0.1) is 0 Å². The molecule has 0 aliphatic heterocycles. The summed E-state index contributed by atoms with van der Waals surface area (Å²) in [4.78, 5) is 2.48. The van der Waals surface area contributed by atoms with Crippen molar-refractivity contribution in [1.82, 2.24) is 10.2 Å². The molecule has 1 N–H and O–H groups in total. The molecule has 0 bridgehead atoms. The highest BCUT2D eigenvalue weighted by molar-refractivity contribution is 6.31. The van der Waals surface area contributed by atoms with Gasteiger partial charge in [-0.05, 0) is 51.5 Å². The fourth-order valence-electron chi connectivity index (χ4n) is 3.07. The van der Waals surface area contributed by atoms with E-state index in [1.54, 1.807) is 12.1 Å². The molecule has 2 rings (SSSR count). The number of hydrogen-bond donors (Lipinski definition) is 1. The molecule has 4 heteroatoms. The normalized spacial score (nSPS) is 16.6. The van der Waals surface area contributed by atoms with Gasteiger partial charge in [-0.1, -0.05) is 36.9 Å². The number of hydrogen-bond acceptors (Lipinski definition) is 2. The molecule has 0 radical (unpaired) electrons. The van der Waals surface area contributed by atoms with Crippen molar-refractivity contribution < 1.29 is 4.39 Å². The lowest BCUT2D eigenvalue weighted by atomic mass is 9.94. The van der Waals surface area contributed by atoms with E-state index in [9.17, 15) is 4.39 Å². The lowest BCUT2D eigenvalue weighted by Crippen LogP contribution is -2.35. The summed E-state index contributed by atoms with van der Waals surface area (Å²) in [5.41, 5.74) is 0.569. The number of nitrogens with zero attached hydrogens (tertiary/aromatic N) is 1. The van der Waals surface area contributed by atoms with Crippen molar-refractivity contribution in [3.05, 3.63) is 34.6 Å². The summed E-state index contributed by atoms with van der Waals surface area (Å²) < 4.78 is 13.6. The van der Waals surface area contributed by atoms with Crippen LogP contribution < -0.4 is 5.32 Å². The maximum atomic E-state index is 13.6. The van der Waals surface area contributed by atoms with Crippen LogP contribution in [0.5, 0.6) is 0 Å². The predicted molar refractivity (Wildman–Crippen MR) is 87.2 cm³/mol. The zero-order valence-electron chi connectivity index (χ0n) is 12.9. The molecular weight excluding hydrogens is 287 g/mol. The lowest BCUT2D eigenvalue weighted by molar-refractivity contribution is 0.189. The molecule has 1 aliphatic carbocycles. The molecule has 1 aliphatic rings. The summed E-state index contributed by atoms with van der Waals surface area (Å²) in [6.07, 6.45) is 7.91. The van der Waals surface area contributed by atoms with Crippen LogP contribution in [0.4, 0.5) is 4.39 Å². The first kappa shape index (κ1) is 16.7. The van der Waals surface area contributed by atoms with Crippen molar-refractivity contribution >= 4 is 11.6 Å². The SMILES string of the molecule is CN(CCCNCc1c(F)cccc1Cl)C1CCCCC1. The number of nitrogens with one attached hydrogen (secondary N) is 1. The Morgan fingerprint density at radius 1 is 1.29 bits per heavy atom. The largest absolute Gasteiger partial charge is 0.312 e. The van der Waals surface area contributed by atoms with E-state index in [0.717, 1.165) is 25.6 Å². The molecule has 21 heavy (non-hydrogen) atoms. The first-order valence-corrected chi connectivity index (χ1v) is 8.40. The molecule has 0 saturated heterocycles. The Morgan fingerprint density at radius 3 is 2.76 bits per heavy atom. The van der Waals surface area contributed by atoms with Gasteiger partial charge in [-0.25, -0.2) is 4.39 Å². The quantitative estimate of drug-likeness (QED) is 0.758. The van der Waals surface area contributed by atoms with Gasteiger partial charge >= 0.3 is 0 Å². The molecule has 1 aromatic rings. The maximum absolute atomic E-state index is 13.6. The van der Waals surface area contributed by atoms with Gasteiger partial charge in [0.2, 0.25) is 0 Å². The van der Waals surface area contributed by atoms with Crippen molar-refractivity contribution in [3.8, 4) is 0 Å². The monoisotopic (exact) mass is 312 g/mol. The second-order valence-electron chi connectivity index (χ2n) is 6.00. The van der Waals surface area contributed by atoms with Gasteiger partial charge < -0.3 is 10.2 Å². The lowest BCUT2D eigenvalue weighted by Gasteiger charge is -2.31. The van der Waals surface area contributed by atoms with Crippen molar-refractivity contribution in [1.29, 1.82) is 0 Å². The Morgan fingerprint density at radius 2 is 2.05 bits per heavy atom. The van der Waals surface area contributed by atoms with E-state index in [1.165, 1.54) is 38.2 Å². The van der Waals surface area contributed by atoms with Crippen LogP contribution in [-0.4, -0.2) is 31.1 Å². The summed E-state index contributed by atoms with van der Waals surface area (Å²) in [5, 5.41) is 3.79. The van der Waals surface area contributed by atoms with Gasteiger partial charge in [0.25, 0.3) is 0 Å². The Bertz CT molecular complexity index is 413. The average Bonchev–Trinajstić information content (AvgIpc) is 2.50. The van der Waals surface area contributed by atoms with Gasteiger partial charge in [0.15, 0.2) is 0 Å². The molecule has 1 aromatic carbocycles. The molecule has 0 aromatic heterocycles. The third-order valence-electron chi connectivity index (χ3n) is 4.43. The van der Waals surface area contributed by atoms with Crippen LogP contribution in [0.15, 0.2) is 18.2 Å². The van der Waals surface area contributed by atoms with Gasteiger partial charge in [-0.3, -0.25) is 0 Å². The van der Waals surface area contributed by atoms with E-state index in [0.29, 0.717) is 17.1 Å². The molecular formula is C17H26ClFN2. The van der Waals surface area contributed by atoms with Crippen LogP contribution in [0, 0.1) is 5.82 Å². The van der Waals surface area contributed by atoms with Crippen LogP contribution >= 0.6 is 11.6 Å². The number of benzene rings is 1. The Kier molecular flexibility index (Phi) is 6.94. The van der Waals surface area contributed by atoms with E-state index in [2.05, 4.69) is 17.3 Å². The van der Waals surface area contributed by atoms with E-state index in [4.69, 9.17) is 11.6 Å². The summed E-state index contributed by atoms with van der Waals surface area (Å²) in [6, 6.07) is 5.60. The Labute approximate surface area is 132 Å². The van der Waals surface area contributed by atoms with Crippen molar-refractivity contribution in [2.45, 2.75) is 51.1 Å². The topological polar surface area (TPSA) is 15.3 Å². The van der Waals surface area contributed by atoms with Crippen LogP contribution in [0.3, 0.4) is 0 Å². The number of halogens is 2. The van der Waals surface area contributed by atoms with E-state index < -0.39 is 0 Å². The van der Waals surface area contributed by atoms with Crippen LogP contribution in [0.2, 0.25) is 5.02 Å². The minimum Gasteiger partial charge on any atom is -0.312 e. The van der Waals surface area contributed by atoms with Gasteiger partial charge in [-0.15, -0.1) is 0 Å². The highest BCUT2D eigenvalue weighted by Gasteiger charge is 2.17. The third-order valence-corrected chi connectivity index (χ3v) is 4.78. The van der Waals surface area contributed by atoms with Crippen LogP contribution in [-0.2, 0) is 6.54 Å². The second kappa shape index (κ2) is 8.72. The van der Waals surface area contributed by atoms with Crippen LogP contribution in [0.25, 0.3) is 0 Å². The standard InChI is InChI=1S/C17H26ClFN2/c1-21(14-7-3-2-4-8-14)12-6-11-20-13-15-16(18)9-5-10-17(15)19/h5,9-10,14,20H,2-4,6-8,11-13H2,1H3. The molecule has 0 heterocycles. The molecule has 0 atom stereocenters. The van der Waals surface area contributed by atoms with Crippen molar-refractivity contribution in [2.75, 3.05) is 20.1 Å². The highest BCUT2D eigenvalue weighted by atomic mass is 35.5. The third kappa shape index (κ3) is 5.24. The van der Waals surface area contributed by atoms with Gasteiger partial charge in [-0.2, -0.15) is 0 Å². The van der Waals surface area contributed by atoms with E-state index in [1.807, 2.05) is 0 Å². The summed E-state index contributed by atoms with van der Waals surface area (Å²) in [7, 11) is 2.23. The molecule has 1 fully saturated rings. The summed E-state index contributed by atoms with van der Waals surface area (Å²) >= 11 is 6.01. The number of rotatable bonds is 7. The first-order chi connectivity index (χ1) is 10.2. The first-order valence-electron chi connectivity index (χ1n) is 8.02. The minimum atomic E-state index is -0.227. The average molecular weight is 313 g/mol. The fourth-order valence-corrected chi connectivity index (χ4v) is 3.30. The molecule has 2 nitrogen and oxygen atoms in total. The summed E-state index contributed by atoms with van der Waals surface area (Å²) in [6.45, 7) is 2.49. The molecule has 0 spiro atoms. The van der Waals surface area contributed by atoms with Gasteiger partial charge in [0.1, 0.15) is 5.82 Å². The van der Waals surface area contributed by atoms with Crippen LogP contribution in [0.1, 0.15) is 44.1 Å². The fraction of sp³-hybridized carbons (Fsp3) is 0.647. The smallest absolute Gasteiger partial charge is 0.129 e. The predicted octanol–water partition coefficient (Wildman–Crippen LogP) is 4.22. The minimum absolute atomic E-state index is 0.227.